The zero-order chi connectivity index (χ0) is 19.1. The van der Waals surface area contributed by atoms with Crippen LogP contribution in [-0.2, 0) is 9.53 Å². The maximum Gasteiger partial charge on any atom is 0.339 e. The largest absolute Gasteiger partial charge is 0.493 e. The summed E-state index contributed by atoms with van der Waals surface area (Å²) >= 11 is 5.74. The molecule has 0 unspecified atom stereocenters. The zero-order valence-electron chi connectivity index (χ0n) is 14.6. The Bertz CT molecular complexity index is 780. The van der Waals surface area contributed by atoms with Crippen LogP contribution in [0, 0.1) is 0 Å². The number of aromatic nitrogens is 1. The summed E-state index contributed by atoms with van der Waals surface area (Å²) in [7, 11) is 1.51. The molecular formula is C18H19ClN2O5. The molecule has 1 atom stereocenters. The molecule has 0 aliphatic carbocycles. The van der Waals surface area contributed by atoms with Gasteiger partial charge in [0.05, 0.1) is 24.3 Å². The lowest BCUT2D eigenvalue weighted by molar-refractivity contribution is -0.123. The molecule has 1 amide bonds. The fourth-order valence-corrected chi connectivity index (χ4v) is 2.14. The molecule has 8 heteroatoms. The van der Waals surface area contributed by atoms with Crippen molar-refractivity contribution in [3.63, 3.8) is 0 Å². The summed E-state index contributed by atoms with van der Waals surface area (Å²) in [5.74, 6) is 0.0762. The first kappa shape index (κ1) is 19.5. The number of carbonyl (C=O) groups is 2. The summed E-state index contributed by atoms with van der Waals surface area (Å²) < 4.78 is 15.8. The second-order valence-corrected chi connectivity index (χ2v) is 5.63. The fraction of sp³-hybridized carbons (Fsp3) is 0.278. The van der Waals surface area contributed by atoms with Crippen LogP contribution in [0.1, 0.15) is 24.2 Å². The number of halogens is 1. The van der Waals surface area contributed by atoms with Gasteiger partial charge in [-0.3, -0.25) is 4.79 Å². The number of nitrogens with one attached hydrogen (secondary N) is 1. The Kier molecular flexibility index (Phi) is 6.80. The zero-order valence-corrected chi connectivity index (χ0v) is 15.4. The van der Waals surface area contributed by atoms with Crippen LogP contribution in [0.2, 0.25) is 5.02 Å². The van der Waals surface area contributed by atoms with Crippen LogP contribution >= 0.6 is 11.6 Å². The number of hydrogen-bond donors (Lipinski definition) is 1. The smallest absolute Gasteiger partial charge is 0.339 e. The second-order valence-electron chi connectivity index (χ2n) is 5.20. The van der Waals surface area contributed by atoms with Gasteiger partial charge in [0, 0.05) is 6.20 Å². The molecular weight excluding hydrogens is 360 g/mol. The Morgan fingerprint density at radius 2 is 2.00 bits per heavy atom. The van der Waals surface area contributed by atoms with E-state index >= 15 is 0 Å². The molecule has 1 heterocycles. The molecule has 7 nitrogen and oxygen atoms in total. The maximum atomic E-state index is 12.3. The predicted molar refractivity (Wildman–Crippen MR) is 96.9 cm³/mol. The van der Waals surface area contributed by atoms with E-state index in [1.165, 1.54) is 32.4 Å². The first-order valence-electron chi connectivity index (χ1n) is 7.88. The van der Waals surface area contributed by atoms with Gasteiger partial charge < -0.3 is 19.5 Å². The van der Waals surface area contributed by atoms with Gasteiger partial charge in [-0.25, -0.2) is 9.78 Å². The standard InChI is InChI=1S/C18H19ClN2O5/c1-4-25-15-9-12(5-7-14(15)24-3)18(23)26-11(2)17(22)21-16-8-6-13(19)10-20-16/h5-11H,4H2,1-3H3,(H,20,21,22)/t11-/m1/s1. The number of benzene rings is 1. The number of esters is 1. The number of anilines is 1. The molecule has 1 aromatic carbocycles. The van der Waals surface area contributed by atoms with Crippen molar-refractivity contribution in [2.24, 2.45) is 0 Å². The van der Waals surface area contributed by atoms with E-state index in [2.05, 4.69) is 10.3 Å². The van der Waals surface area contributed by atoms with E-state index in [4.69, 9.17) is 25.8 Å². The number of ether oxygens (including phenoxy) is 3. The molecule has 0 fully saturated rings. The lowest BCUT2D eigenvalue weighted by Crippen LogP contribution is -2.30. The van der Waals surface area contributed by atoms with Gasteiger partial charge in [0.2, 0.25) is 0 Å². The summed E-state index contributed by atoms with van der Waals surface area (Å²) in [6, 6.07) is 7.79. The van der Waals surface area contributed by atoms with Crippen LogP contribution in [0.3, 0.4) is 0 Å². The van der Waals surface area contributed by atoms with Crippen molar-refractivity contribution in [3.05, 3.63) is 47.1 Å². The third-order valence-corrected chi connectivity index (χ3v) is 3.55. The van der Waals surface area contributed by atoms with E-state index in [1.54, 1.807) is 18.2 Å². The molecule has 1 aromatic heterocycles. The Hall–Kier alpha value is -2.80. The van der Waals surface area contributed by atoms with Crippen LogP contribution < -0.4 is 14.8 Å². The highest BCUT2D eigenvalue weighted by molar-refractivity contribution is 6.30. The van der Waals surface area contributed by atoms with Crippen LogP contribution in [0.15, 0.2) is 36.5 Å². The first-order valence-corrected chi connectivity index (χ1v) is 8.26. The Morgan fingerprint density at radius 1 is 1.23 bits per heavy atom. The molecule has 0 spiro atoms. The lowest BCUT2D eigenvalue weighted by atomic mass is 10.2. The van der Waals surface area contributed by atoms with E-state index < -0.39 is 18.0 Å². The Morgan fingerprint density at radius 3 is 2.62 bits per heavy atom. The van der Waals surface area contributed by atoms with Crippen molar-refractivity contribution in [2.45, 2.75) is 20.0 Å². The molecule has 0 bridgehead atoms. The minimum atomic E-state index is -1.02. The number of rotatable bonds is 7. The molecule has 2 aromatic rings. The van der Waals surface area contributed by atoms with Gasteiger partial charge >= 0.3 is 5.97 Å². The number of hydrogen-bond acceptors (Lipinski definition) is 6. The highest BCUT2D eigenvalue weighted by Crippen LogP contribution is 2.28. The van der Waals surface area contributed by atoms with Crippen LogP contribution in [0.4, 0.5) is 5.82 Å². The molecule has 0 saturated heterocycles. The van der Waals surface area contributed by atoms with Crippen molar-refractivity contribution in [1.82, 2.24) is 4.98 Å². The average molecular weight is 379 g/mol. The fourth-order valence-electron chi connectivity index (χ4n) is 2.03. The number of pyridine rings is 1. The van der Waals surface area contributed by atoms with E-state index in [0.29, 0.717) is 28.9 Å². The SMILES string of the molecule is CCOc1cc(C(=O)O[C@H](C)C(=O)Nc2ccc(Cl)cn2)ccc1OC. The predicted octanol–water partition coefficient (Wildman–Crippen LogP) is 3.33. The topological polar surface area (TPSA) is 86.8 Å². The summed E-state index contributed by atoms with van der Waals surface area (Å²) in [6.07, 6.45) is 0.387. The van der Waals surface area contributed by atoms with Gasteiger partial charge in [-0.05, 0) is 44.2 Å². The molecule has 0 saturated carbocycles. The summed E-state index contributed by atoms with van der Waals surface area (Å²) in [6.45, 7) is 3.71. The average Bonchev–Trinajstić information content (AvgIpc) is 2.63. The minimum absolute atomic E-state index is 0.249. The normalized spacial score (nSPS) is 11.4. The summed E-state index contributed by atoms with van der Waals surface area (Å²) in [4.78, 5) is 28.4. The van der Waals surface area contributed by atoms with E-state index in [0.717, 1.165) is 0 Å². The van der Waals surface area contributed by atoms with Crippen molar-refractivity contribution >= 4 is 29.3 Å². The monoisotopic (exact) mass is 378 g/mol. The van der Waals surface area contributed by atoms with Crippen LogP contribution in [0.5, 0.6) is 11.5 Å². The molecule has 0 aliphatic rings. The van der Waals surface area contributed by atoms with Crippen molar-refractivity contribution in [3.8, 4) is 11.5 Å². The van der Waals surface area contributed by atoms with E-state index in [1.807, 2.05) is 6.92 Å². The van der Waals surface area contributed by atoms with E-state index in [9.17, 15) is 9.59 Å². The number of nitrogens with zero attached hydrogens (tertiary/aromatic N) is 1. The summed E-state index contributed by atoms with van der Waals surface area (Å²) in [5, 5.41) is 3.00. The third-order valence-electron chi connectivity index (χ3n) is 3.33. The molecule has 138 valence electrons. The lowest BCUT2D eigenvalue weighted by Gasteiger charge is -2.14. The number of amides is 1. The minimum Gasteiger partial charge on any atom is -0.493 e. The molecule has 0 aliphatic heterocycles. The summed E-state index contributed by atoms with van der Waals surface area (Å²) in [5.41, 5.74) is 0.249. The Labute approximate surface area is 156 Å². The molecule has 26 heavy (non-hydrogen) atoms. The van der Waals surface area contributed by atoms with Gasteiger partial charge in [-0.15, -0.1) is 0 Å². The van der Waals surface area contributed by atoms with Crippen molar-refractivity contribution in [1.29, 1.82) is 0 Å². The van der Waals surface area contributed by atoms with Gasteiger partial charge in [-0.1, -0.05) is 11.6 Å². The van der Waals surface area contributed by atoms with Gasteiger partial charge in [0.1, 0.15) is 5.82 Å². The third kappa shape index (κ3) is 5.10. The molecule has 2 rings (SSSR count). The second kappa shape index (κ2) is 9.05. The first-order chi connectivity index (χ1) is 12.4. The molecule has 0 radical (unpaired) electrons. The maximum absolute atomic E-state index is 12.3. The van der Waals surface area contributed by atoms with Gasteiger partial charge in [-0.2, -0.15) is 0 Å². The number of carbonyl (C=O) groups excluding carboxylic acids is 2. The van der Waals surface area contributed by atoms with E-state index in [-0.39, 0.29) is 5.56 Å². The highest BCUT2D eigenvalue weighted by Gasteiger charge is 2.20. The number of methoxy groups -OCH3 is 1. The van der Waals surface area contributed by atoms with Crippen LogP contribution in [0.25, 0.3) is 0 Å². The van der Waals surface area contributed by atoms with Crippen LogP contribution in [-0.4, -0.2) is 36.7 Å². The van der Waals surface area contributed by atoms with Crippen molar-refractivity contribution in [2.75, 3.05) is 19.0 Å². The molecule has 1 N–H and O–H groups in total. The highest BCUT2D eigenvalue weighted by atomic mass is 35.5. The van der Waals surface area contributed by atoms with Crippen molar-refractivity contribution < 1.29 is 23.8 Å². The van der Waals surface area contributed by atoms with Gasteiger partial charge in [0.25, 0.3) is 5.91 Å². The quantitative estimate of drug-likeness (QED) is 0.744. The van der Waals surface area contributed by atoms with Gasteiger partial charge in [0.15, 0.2) is 17.6 Å². The Balaban J connectivity index is 2.02.